The lowest BCUT2D eigenvalue weighted by atomic mass is 9.85. The smallest absolute Gasteiger partial charge is 0.234 e. The number of amides is 2. The second-order valence-corrected chi connectivity index (χ2v) is 9.16. The normalized spacial score (nSPS) is 28.5. The lowest BCUT2D eigenvalue weighted by molar-refractivity contribution is -0.142. The van der Waals surface area contributed by atoms with E-state index in [1.165, 1.54) is 20.2 Å². The predicted molar refractivity (Wildman–Crippen MR) is 103 cm³/mol. The molecule has 4 nitrogen and oxygen atoms in total. The molecule has 0 saturated carbocycles. The Morgan fingerprint density at radius 3 is 2.46 bits per heavy atom. The minimum atomic E-state index is -0.144. The van der Waals surface area contributed by atoms with Crippen molar-refractivity contribution in [2.24, 2.45) is 11.8 Å². The van der Waals surface area contributed by atoms with Gasteiger partial charge in [0.1, 0.15) is 0 Å². The molecule has 2 aromatic heterocycles. The maximum absolute atomic E-state index is 12.9. The number of carbonyl (C=O) groups excluding carboxylic acids is 2. The fraction of sp³-hybridized carbons (Fsp3) is 0.400. The molecule has 3 atom stereocenters. The molecule has 134 valence electrons. The Kier molecular flexibility index (Phi) is 4.07. The molecule has 2 aliphatic heterocycles. The SMILES string of the molecule is O=C1[C@@H]2CC=CC[C@H]2C(=O)N1CN1CCc2sccc2[C@H]1c1cccs1. The summed E-state index contributed by atoms with van der Waals surface area (Å²) in [6.07, 6.45) is 6.48. The van der Waals surface area contributed by atoms with Gasteiger partial charge in [0.2, 0.25) is 11.8 Å². The van der Waals surface area contributed by atoms with Crippen LogP contribution in [0.3, 0.4) is 0 Å². The van der Waals surface area contributed by atoms with Crippen LogP contribution in [0.15, 0.2) is 41.1 Å². The van der Waals surface area contributed by atoms with Crippen molar-refractivity contribution in [2.45, 2.75) is 25.3 Å². The van der Waals surface area contributed by atoms with Crippen LogP contribution in [0.2, 0.25) is 0 Å². The number of likely N-dealkylation sites (tertiary alicyclic amines) is 1. The first-order valence-electron chi connectivity index (χ1n) is 9.08. The summed E-state index contributed by atoms with van der Waals surface area (Å²) in [6, 6.07) is 6.58. The van der Waals surface area contributed by atoms with Crippen LogP contribution >= 0.6 is 22.7 Å². The van der Waals surface area contributed by atoms with Crippen molar-refractivity contribution in [1.29, 1.82) is 0 Å². The molecule has 1 aliphatic carbocycles. The summed E-state index contributed by atoms with van der Waals surface area (Å²) in [4.78, 5) is 32.3. The van der Waals surface area contributed by atoms with Crippen LogP contribution in [-0.2, 0) is 16.0 Å². The largest absolute Gasteiger partial charge is 0.274 e. The van der Waals surface area contributed by atoms with Crippen LogP contribution < -0.4 is 0 Å². The van der Waals surface area contributed by atoms with E-state index in [1.807, 2.05) is 23.5 Å². The molecule has 3 aliphatic rings. The molecule has 26 heavy (non-hydrogen) atoms. The van der Waals surface area contributed by atoms with E-state index in [-0.39, 0.29) is 29.7 Å². The van der Waals surface area contributed by atoms with Crippen LogP contribution in [0.4, 0.5) is 0 Å². The molecule has 0 unspecified atom stereocenters. The number of hydrogen-bond acceptors (Lipinski definition) is 5. The third kappa shape index (κ3) is 2.51. The summed E-state index contributed by atoms with van der Waals surface area (Å²) < 4.78 is 0. The van der Waals surface area contributed by atoms with Gasteiger partial charge in [-0.05, 0) is 47.7 Å². The van der Waals surface area contributed by atoms with Crippen LogP contribution in [0.5, 0.6) is 0 Å². The minimum Gasteiger partial charge on any atom is -0.274 e. The van der Waals surface area contributed by atoms with Gasteiger partial charge in [-0.2, -0.15) is 0 Å². The van der Waals surface area contributed by atoms with Gasteiger partial charge in [-0.1, -0.05) is 18.2 Å². The van der Waals surface area contributed by atoms with E-state index in [1.54, 1.807) is 11.3 Å². The Bertz CT molecular complexity index is 844. The number of fused-ring (bicyclic) bond motifs is 2. The molecule has 5 rings (SSSR count). The van der Waals surface area contributed by atoms with Crippen molar-refractivity contribution in [2.75, 3.05) is 13.2 Å². The average Bonchev–Trinajstić information content (AvgIpc) is 3.39. The van der Waals surface area contributed by atoms with Gasteiger partial charge in [-0.25, -0.2) is 0 Å². The van der Waals surface area contributed by atoms with E-state index in [9.17, 15) is 9.59 Å². The summed E-state index contributed by atoms with van der Waals surface area (Å²) >= 11 is 3.56. The van der Waals surface area contributed by atoms with Crippen LogP contribution in [0.1, 0.15) is 34.2 Å². The van der Waals surface area contributed by atoms with Gasteiger partial charge in [0.05, 0.1) is 24.5 Å². The average molecular weight is 385 g/mol. The quantitative estimate of drug-likeness (QED) is 0.599. The molecule has 0 bridgehead atoms. The molecule has 6 heteroatoms. The number of thiophene rings is 2. The Balaban J connectivity index is 1.45. The molecule has 2 aromatic rings. The Morgan fingerprint density at radius 1 is 1.00 bits per heavy atom. The van der Waals surface area contributed by atoms with Gasteiger partial charge in [-0.3, -0.25) is 19.4 Å². The molecule has 4 heterocycles. The lowest BCUT2D eigenvalue weighted by Gasteiger charge is -2.37. The fourth-order valence-electron chi connectivity index (χ4n) is 4.49. The van der Waals surface area contributed by atoms with E-state index < -0.39 is 0 Å². The van der Waals surface area contributed by atoms with E-state index in [0.29, 0.717) is 19.5 Å². The number of imide groups is 1. The molecule has 2 amide bonds. The number of hydrogen-bond donors (Lipinski definition) is 0. The molecular formula is C20H20N2O2S2. The maximum atomic E-state index is 12.9. The molecule has 0 spiro atoms. The zero-order valence-electron chi connectivity index (χ0n) is 14.3. The molecule has 0 aromatic carbocycles. The third-order valence-corrected chi connectivity index (χ3v) is 7.72. The van der Waals surface area contributed by atoms with E-state index in [0.717, 1.165) is 13.0 Å². The zero-order valence-corrected chi connectivity index (χ0v) is 16.0. The summed E-state index contributed by atoms with van der Waals surface area (Å²) in [5, 5.41) is 4.25. The second kappa shape index (κ2) is 6.44. The van der Waals surface area contributed by atoms with E-state index in [4.69, 9.17) is 0 Å². The first kappa shape index (κ1) is 16.4. The Morgan fingerprint density at radius 2 is 1.77 bits per heavy atom. The molecule has 0 N–H and O–H groups in total. The van der Waals surface area contributed by atoms with Gasteiger partial charge in [0.15, 0.2) is 0 Å². The van der Waals surface area contributed by atoms with Crippen molar-refractivity contribution in [1.82, 2.24) is 9.80 Å². The van der Waals surface area contributed by atoms with Gasteiger partial charge in [-0.15, -0.1) is 22.7 Å². The first-order valence-corrected chi connectivity index (χ1v) is 10.8. The Labute approximate surface area is 160 Å². The molecule has 0 radical (unpaired) electrons. The summed E-state index contributed by atoms with van der Waals surface area (Å²) in [7, 11) is 0. The van der Waals surface area contributed by atoms with Crippen LogP contribution in [0.25, 0.3) is 0 Å². The monoisotopic (exact) mass is 384 g/mol. The molecule has 1 saturated heterocycles. The number of nitrogens with zero attached hydrogens (tertiary/aromatic N) is 2. The highest BCUT2D eigenvalue weighted by Crippen LogP contribution is 2.41. The maximum Gasteiger partial charge on any atom is 0.234 e. The van der Waals surface area contributed by atoms with Crippen molar-refractivity contribution in [3.05, 3.63) is 56.4 Å². The third-order valence-electron chi connectivity index (χ3n) is 5.80. The van der Waals surface area contributed by atoms with Gasteiger partial charge >= 0.3 is 0 Å². The fourth-order valence-corrected chi connectivity index (χ4v) is 6.27. The van der Waals surface area contributed by atoms with E-state index in [2.05, 4.69) is 33.9 Å². The minimum absolute atomic E-state index is 0.0189. The zero-order chi connectivity index (χ0) is 17.7. The van der Waals surface area contributed by atoms with Gasteiger partial charge in [0, 0.05) is 16.3 Å². The van der Waals surface area contributed by atoms with Crippen molar-refractivity contribution < 1.29 is 9.59 Å². The predicted octanol–water partition coefficient (Wildman–Crippen LogP) is 3.67. The first-order chi connectivity index (χ1) is 12.7. The topological polar surface area (TPSA) is 40.6 Å². The van der Waals surface area contributed by atoms with Crippen LogP contribution in [0, 0.1) is 11.8 Å². The van der Waals surface area contributed by atoms with Crippen molar-refractivity contribution >= 4 is 34.5 Å². The number of rotatable bonds is 3. The summed E-state index contributed by atoms with van der Waals surface area (Å²) in [6.45, 7) is 1.28. The lowest BCUT2D eigenvalue weighted by Crippen LogP contribution is -2.45. The number of carbonyl (C=O) groups is 2. The summed E-state index contributed by atoms with van der Waals surface area (Å²) in [5.41, 5.74) is 1.34. The standard InChI is InChI=1S/C20H20N2O2S2/c23-19-13-4-1-2-5-14(13)20(24)22(19)12-21-9-7-16-15(8-11-26-16)18(21)17-6-3-10-25-17/h1-3,6,8,10-11,13-14,18H,4-5,7,9,12H2/t13-,14-,18+/m1/s1. The van der Waals surface area contributed by atoms with Gasteiger partial charge in [0.25, 0.3) is 0 Å². The highest BCUT2D eigenvalue weighted by molar-refractivity contribution is 7.10. The highest BCUT2D eigenvalue weighted by Gasteiger charge is 2.48. The van der Waals surface area contributed by atoms with E-state index >= 15 is 0 Å². The molecule has 1 fully saturated rings. The summed E-state index contributed by atoms with van der Waals surface area (Å²) in [5.74, 6) is -0.251. The second-order valence-electron chi connectivity index (χ2n) is 7.18. The van der Waals surface area contributed by atoms with Crippen LogP contribution in [-0.4, -0.2) is 34.8 Å². The molecular weight excluding hydrogens is 364 g/mol. The highest BCUT2D eigenvalue weighted by atomic mass is 32.1. The van der Waals surface area contributed by atoms with Gasteiger partial charge < -0.3 is 0 Å². The number of allylic oxidation sites excluding steroid dienone is 2. The van der Waals surface area contributed by atoms with Crippen molar-refractivity contribution in [3.63, 3.8) is 0 Å². The van der Waals surface area contributed by atoms with Crippen molar-refractivity contribution in [3.8, 4) is 0 Å². The Hall–Kier alpha value is -1.76.